The molecule has 0 atom stereocenters. The van der Waals surface area contributed by atoms with E-state index in [2.05, 4.69) is 31.2 Å². The summed E-state index contributed by atoms with van der Waals surface area (Å²) in [4.78, 5) is 12.5. The van der Waals surface area contributed by atoms with Crippen LogP contribution in [0.4, 0.5) is 4.39 Å². The van der Waals surface area contributed by atoms with E-state index in [9.17, 15) is 9.18 Å². The number of esters is 1. The van der Waals surface area contributed by atoms with Crippen LogP contribution in [0.5, 0.6) is 5.75 Å². The van der Waals surface area contributed by atoms with Gasteiger partial charge in [-0.1, -0.05) is 62.9 Å². The molecule has 2 aliphatic rings. The fourth-order valence-corrected chi connectivity index (χ4v) is 5.90. The molecule has 3 heteroatoms. The highest BCUT2D eigenvalue weighted by molar-refractivity contribution is 5.75. The molecule has 0 aromatic heterocycles. The summed E-state index contributed by atoms with van der Waals surface area (Å²) in [6.07, 6.45) is 14.7. The Morgan fingerprint density at radius 3 is 2.03 bits per heavy atom. The Morgan fingerprint density at radius 1 is 0.848 bits per heavy atom. The summed E-state index contributed by atoms with van der Waals surface area (Å²) in [6.45, 7) is 2.29. The first-order valence-corrected chi connectivity index (χ1v) is 13.2. The first-order chi connectivity index (χ1) is 16.1. The van der Waals surface area contributed by atoms with Crippen LogP contribution >= 0.6 is 0 Å². The molecule has 2 aliphatic carbocycles. The zero-order chi connectivity index (χ0) is 23.0. The van der Waals surface area contributed by atoms with Gasteiger partial charge in [0.1, 0.15) is 11.6 Å². The largest absolute Gasteiger partial charge is 0.426 e. The summed E-state index contributed by atoms with van der Waals surface area (Å²) in [6, 6.07) is 15.2. The SMILES string of the molecule is CCCCC[C@H]1CC[C@H](c2ccc([C@H]3CC[C@H](C(=O)Oc4cccc(F)c4)CC3)cc2)CC1. The van der Waals surface area contributed by atoms with Gasteiger partial charge in [-0.05, 0) is 92.4 Å². The summed E-state index contributed by atoms with van der Waals surface area (Å²) in [5.74, 6) is 1.81. The molecule has 178 valence electrons. The number of unbranched alkanes of at least 4 members (excludes halogenated alkanes) is 2. The zero-order valence-corrected chi connectivity index (χ0v) is 20.1. The van der Waals surface area contributed by atoms with Crippen molar-refractivity contribution in [2.24, 2.45) is 11.8 Å². The summed E-state index contributed by atoms with van der Waals surface area (Å²) >= 11 is 0. The Kier molecular flexibility index (Phi) is 8.58. The van der Waals surface area contributed by atoms with Crippen LogP contribution in [0.15, 0.2) is 48.5 Å². The van der Waals surface area contributed by atoms with Crippen molar-refractivity contribution in [3.8, 4) is 5.75 Å². The number of rotatable bonds is 8. The van der Waals surface area contributed by atoms with Crippen LogP contribution in [0, 0.1) is 17.7 Å². The van der Waals surface area contributed by atoms with Crippen molar-refractivity contribution in [2.75, 3.05) is 0 Å². The van der Waals surface area contributed by atoms with Gasteiger partial charge in [0.25, 0.3) is 0 Å². The second-order valence-electron chi connectivity index (χ2n) is 10.3. The first kappa shape index (κ1) is 24.0. The third-order valence-electron chi connectivity index (χ3n) is 8.02. The van der Waals surface area contributed by atoms with Gasteiger partial charge in [0, 0.05) is 6.07 Å². The number of halogens is 1. The molecule has 0 heterocycles. The van der Waals surface area contributed by atoms with Gasteiger partial charge >= 0.3 is 5.97 Å². The second kappa shape index (κ2) is 11.8. The van der Waals surface area contributed by atoms with Gasteiger partial charge in [0.15, 0.2) is 0 Å². The maximum Gasteiger partial charge on any atom is 0.314 e. The number of hydrogen-bond donors (Lipinski definition) is 0. The highest BCUT2D eigenvalue weighted by Gasteiger charge is 2.29. The zero-order valence-electron chi connectivity index (χ0n) is 20.1. The smallest absolute Gasteiger partial charge is 0.314 e. The minimum Gasteiger partial charge on any atom is -0.426 e. The number of carbonyl (C=O) groups excluding carboxylic acids is 1. The fraction of sp³-hybridized carbons (Fsp3) is 0.567. The van der Waals surface area contributed by atoms with Crippen molar-refractivity contribution in [2.45, 2.75) is 95.8 Å². The Morgan fingerprint density at radius 2 is 1.45 bits per heavy atom. The van der Waals surface area contributed by atoms with Crippen molar-refractivity contribution in [1.82, 2.24) is 0 Å². The molecule has 2 nitrogen and oxygen atoms in total. The van der Waals surface area contributed by atoms with E-state index in [4.69, 9.17) is 4.74 Å². The Hall–Kier alpha value is -2.16. The van der Waals surface area contributed by atoms with E-state index in [1.165, 1.54) is 74.6 Å². The Labute approximate surface area is 198 Å². The third-order valence-corrected chi connectivity index (χ3v) is 8.02. The van der Waals surface area contributed by atoms with Gasteiger partial charge in [-0.25, -0.2) is 4.39 Å². The topological polar surface area (TPSA) is 26.3 Å². The van der Waals surface area contributed by atoms with Crippen LogP contribution < -0.4 is 4.74 Å². The lowest BCUT2D eigenvalue weighted by atomic mass is 9.76. The lowest BCUT2D eigenvalue weighted by molar-refractivity contribution is -0.140. The molecule has 0 saturated heterocycles. The molecule has 2 aromatic carbocycles. The molecule has 2 saturated carbocycles. The molecule has 0 N–H and O–H groups in total. The van der Waals surface area contributed by atoms with Gasteiger partial charge in [-0.2, -0.15) is 0 Å². The van der Waals surface area contributed by atoms with Crippen LogP contribution in [-0.2, 0) is 4.79 Å². The third kappa shape index (κ3) is 6.68. The maximum absolute atomic E-state index is 13.3. The van der Waals surface area contributed by atoms with Crippen LogP contribution in [0.1, 0.15) is 107 Å². The van der Waals surface area contributed by atoms with Crippen LogP contribution in [0.2, 0.25) is 0 Å². The summed E-state index contributed by atoms with van der Waals surface area (Å²) in [5.41, 5.74) is 2.92. The molecular weight excluding hydrogens is 411 g/mol. The minimum atomic E-state index is -0.382. The molecule has 0 radical (unpaired) electrons. The van der Waals surface area contributed by atoms with E-state index in [0.29, 0.717) is 11.7 Å². The highest BCUT2D eigenvalue weighted by Crippen LogP contribution is 2.40. The monoisotopic (exact) mass is 450 g/mol. The maximum atomic E-state index is 13.3. The van der Waals surface area contributed by atoms with Crippen molar-refractivity contribution in [3.63, 3.8) is 0 Å². The Balaban J connectivity index is 1.23. The summed E-state index contributed by atoms with van der Waals surface area (Å²) in [5, 5.41) is 0. The summed E-state index contributed by atoms with van der Waals surface area (Å²) in [7, 11) is 0. The van der Waals surface area contributed by atoms with Gasteiger partial charge in [0.2, 0.25) is 0 Å². The highest BCUT2D eigenvalue weighted by atomic mass is 19.1. The fourth-order valence-electron chi connectivity index (χ4n) is 5.90. The van der Waals surface area contributed by atoms with E-state index >= 15 is 0 Å². The van der Waals surface area contributed by atoms with Gasteiger partial charge in [-0.15, -0.1) is 0 Å². The average molecular weight is 451 g/mol. The lowest BCUT2D eigenvalue weighted by Crippen LogP contribution is -2.25. The molecule has 2 aromatic rings. The van der Waals surface area contributed by atoms with E-state index in [1.807, 2.05) is 0 Å². The van der Waals surface area contributed by atoms with Crippen molar-refractivity contribution in [1.29, 1.82) is 0 Å². The normalized spacial score (nSPS) is 25.5. The molecule has 0 unspecified atom stereocenters. The van der Waals surface area contributed by atoms with E-state index < -0.39 is 0 Å². The van der Waals surface area contributed by atoms with Crippen LogP contribution in [-0.4, -0.2) is 5.97 Å². The number of benzene rings is 2. The molecule has 0 aliphatic heterocycles. The number of carbonyl (C=O) groups is 1. The molecule has 0 bridgehead atoms. The molecular formula is C30H39FO2. The quantitative estimate of drug-likeness (QED) is 0.229. The van der Waals surface area contributed by atoms with Crippen molar-refractivity contribution in [3.05, 3.63) is 65.5 Å². The Bertz CT molecular complexity index is 874. The van der Waals surface area contributed by atoms with Gasteiger partial charge in [-0.3, -0.25) is 4.79 Å². The number of hydrogen-bond acceptors (Lipinski definition) is 2. The van der Waals surface area contributed by atoms with Gasteiger partial charge < -0.3 is 4.74 Å². The predicted molar refractivity (Wildman–Crippen MR) is 132 cm³/mol. The van der Waals surface area contributed by atoms with Gasteiger partial charge in [0.05, 0.1) is 5.92 Å². The molecule has 33 heavy (non-hydrogen) atoms. The summed E-state index contributed by atoms with van der Waals surface area (Å²) < 4.78 is 18.7. The van der Waals surface area contributed by atoms with Crippen molar-refractivity contribution < 1.29 is 13.9 Å². The molecule has 0 amide bonds. The molecule has 0 spiro atoms. The molecule has 4 rings (SSSR count). The van der Waals surface area contributed by atoms with E-state index in [1.54, 1.807) is 12.1 Å². The molecule has 2 fully saturated rings. The second-order valence-corrected chi connectivity index (χ2v) is 10.3. The number of ether oxygens (including phenoxy) is 1. The van der Waals surface area contributed by atoms with Crippen molar-refractivity contribution >= 4 is 5.97 Å². The lowest BCUT2D eigenvalue weighted by Gasteiger charge is -2.30. The van der Waals surface area contributed by atoms with Crippen LogP contribution in [0.25, 0.3) is 0 Å². The van der Waals surface area contributed by atoms with E-state index in [0.717, 1.165) is 37.5 Å². The standard InChI is InChI=1S/C30H39FO2/c1-2-3-4-6-22-9-11-23(12-10-22)24-13-15-25(16-14-24)26-17-19-27(20-18-26)30(32)33-29-8-5-7-28(31)21-29/h5,7-8,13-16,21-23,26-27H,2-4,6,9-12,17-20H2,1H3/t22-,23-,26-,27-. The van der Waals surface area contributed by atoms with E-state index in [-0.39, 0.29) is 17.7 Å². The van der Waals surface area contributed by atoms with Crippen LogP contribution in [0.3, 0.4) is 0 Å². The minimum absolute atomic E-state index is 0.0868. The predicted octanol–water partition coefficient (Wildman–Crippen LogP) is 8.56. The average Bonchev–Trinajstić information content (AvgIpc) is 2.85. The first-order valence-electron chi connectivity index (χ1n) is 13.2.